The van der Waals surface area contributed by atoms with Crippen molar-refractivity contribution in [2.45, 2.75) is 19.8 Å². The number of amides is 1. The lowest BCUT2D eigenvalue weighted by atomic mass is 10.1. The highest BCUT2D eigenvalue weighted by atomic mass is 32.1. The van der Waals surface area contributed by atoms with E-state index < -0.39 is 0 Å². The molecule has 5 nitrogen and oxygen atoms in total. The Labute approximate surface area is 149 Å². The van der Waals surface area contributed by atoms with E-state index in [1.54, 1.807) is 18.4 Å². The van der Waals surface area contributed by atoms with E-state index >= 15 is 0 Å². The Morgan fingerprint density at radius 1 is 1.32 bits per heavy atom. The molecule has 25 heavy (non-hydrogen) atoms. The number of H-pyrrole nitrogens is 1. The van der Waals surface area contributed by atoms with Gasteiger partial charge in [-0.15, -0.1) is 11.3 Å². The summed E-state index contributed by atoms with van der Waals surface area (Å²) in [5.74, 6) is 0.617. The van der Waals surface area contributed by atoms with Crippen LogP contribution in [0.25, 0.3) is 10.9 Å². The lowest BCUT2D eigenvalue weighted by molar-refractivity contribution is -0.120. The predicted octanol–water partition coefficient (Wildman–Crippen LogP) is 2.81. The fourth-order valence-corrected chi connectivity index (χ4v) is 3.48. The first-order valence-electron chi connectivity index (χ1n) is 8.07. The molecule has 0 fully saturated rings. The van der Waals surface area contributed by atoms with Crippen LogP contribution in [0.1, 0.15) is 16.0 Å². The van der Waals surface area contributed by atoms with E-state index in [0.29, 0.717) is 36.2 Å². The molecule has 0 saturated carbocycles. The number of carbonyl (C=O) groups excluding carboxylic acids is 1. The molecule has 0 aliphatic carbocycles. The van der Waals surface area contributed by atoms with Gasteiger partial charge in [0, 0.05) is 22.4 Å². The molecule has 6 heteroatoms. The highest BCUT2D eigenvalue weighted by molar-refractivity contribution is 7.10. The Balaban J connectivity index is 1.71. The highest BCUT2D eigenvalue weighted by Crippen LogP contribution is 2.25. The summed E-state index contributed by atoms with van der Waals surface area (Å²) in [5.41, 5.74) is 2.28. The molecule has 0 saturated heterocycles. The van der Waals surface area contributed by atoms with Gasteiger partial charge in [-0.05, 0) is 42.5 Å². The zero-order chi connectivity index (χ0) is 17.8. The maximum absolute atomic E-state index is 12.3. The van der Waals surface area contributed by atoms with Gasteiger partial charge in [-0.2, -0.15) is 0 Å². The van der Waals surface area contributed by atoms with Crippen LogP contribution in [-0.4, -0.2) is 24.5 Å². The molecular weight excluding hydrogens is 336 g/mol. The molecule has 130 valence electrons. The normalized spacial score (nSPS) is 10.8. The van der Waals surface area contributed by atoms with Gasteiger partial charge in [0.1, 0.15) is 5.75 Å². The summed E-state index contributed by atoms with van der Waals surface area (Å²) < 4.78 is 5.31. The smallest absolute Gasteiger partial charge is 0.251 e. The maximum atomic E-state index is 12.3. The van der Waals surface area contributed by atoms with Gasteiger partial charge >= 0.3 is 0 Å². The minimum absolute atomic E-state index is 0.0301. The Bertz CT molecular complexity index is 945. The molecule has 0 radical (unpaired) electrons. The average Bonchev–Trinajstić information content (AvgIpc) is 3.09. The third kappa shape index (κ3) is 3.91. The SMILES string of the molecule is COc1ccc(C)c2cc(CCNC(=O)Cc3cccs3)c(=O)[nH]c12. The second-order valence-corrected chi connectivity index (χ2v) is 6.89. The van der Waals surface area contributed by atoms with Crippen molar-refractivity contribution < 1.29 is 9.53 Å². The number of hydrogen-bond donors (Lipinski definition) is 2. The van der Waals surface area contributed by atoms with Crippen LogP contribution in [0.3, 0.4) is 0 Å². The topological polar surface area (TPSA) is 71.2 Å². The van der Waals surface area contributed by atoms with Crippen LogP contribution in [0, 0.1) is 6.92 Å². The third-order valence-corrected chi connectivity index (χ3v) is 5.00. The van der Waals surface area contributed by atoms with E-state index in [9.17, 15) is 9.59 Å². The molecule has 2 aromatic heterocycles. The first-order chi connectivity index (χ1) is 12.1. The van der Waals surface area contributed by atoms with E-state index in [2.05, 4.69) is 10.3 Å². The molecule has 0 aliphatic rings. The van der Waals surface area contributed by atoms with Crippen molar-refractivity contribution in [2.24, 2.45) is 0 Å². The number of benzene rings is 1. The van der Waals surface area contributed by atoms with Crippen LogP contribution in [-0.2, 0) is 17.6 Å². The van der Waals surface area contributed by atoms with Crippen LogP contribution in [0.2, 0.25) is 0 Å². The molecule has 3 aromatic rings. The molecule has 0 aliphatic heterocycles. The molecule has 0 unspecified atom stereocenters. The number of methoxy groups -OCH3 is 1. The first-order valence-corrected chi connectivity index (χ1v) is 8.95. The van der Waals surface area contributed by atoms with Gasteiger partial charge in [0.15, 0.2) is 0 Å². The fraction of sp³-hybridized carbons (Fsp3) is 0.263. The van der Waals surface area contributed by atoms with Gasteiger partial charge in [-0.3, -0.25) is 9.59 Å². The number of carbonyl (C=O) groups is 1. The zero-order valence-corrected chi connectivity index (χ0v) is 15.0. The van der Waals surface area contributed by atoms with Gasteiger partial charge in [0.2, 0.25) is 5.91 Å². The lowest BCUT2D eigenvalue weighted by Crippen LogP contribution is -2.28. The number of aryl methyl sites for hydroxylation is 1. The largest absolute Gasteiger partial charge is 0.495 e. The predicted molar refractivity (Wildman–Crippen MR) is 101 cm³/mol. The third-order valence-electron chi connectivity index (χ3n) is 4.13. The van der Waals surface area contributed by atoms with Crippen LogP contribution in [0.15, 0.2) is 40.5 Å². The number of ether oxygens (including phenoxy) is 1. The molecule has 1 amide bonds. The van der Waals surface area contributed by atoms with Crippen molar-refractivity contribution in [2.75, 3.05) is 13.7 Å². The van der Waals surface area contributed by atoms with Crippen molar-refractivity contribution in [3.8, 4) is 5.75 Å². The minimum atomic E-state index is -0.149. The van der Waals surface area contributed by atoms with E-state index in [-0.39, 0.29) is 11.5 Å². The Morgan fingerprint density at radius 3 is 2.88 bits per heavy atom. The Morgan fingerprint density at radius 2 is 2.16 bits per heavy atom. The molecule has 0 spiro atoms. The minimum Gasteiger partial charge on any atom is -0.495 e. The number of fused-ring (bicyclic) bond motifs is 1. The first kappa shape index (κ1) is 17.2. The highest BCUT2D eigenvalue weighted by Gasteiger charge is 2.10. The van der Waals surface area contributed by atoms with Crippen LogP contribution < -0.4 is 15.6 Å². The number of thiophene rings is 1. The maximum Gasteiger partial charge on any atom is 0.251 e. The summed E-state index contributed by atoms with van der Waals surface area (Å²) in [4.78, 5) is 28.2. The van der Waals surface area contributed by atoms with Gasteiger partial charge in [0.05, 0.1) is 19.0 Å². The number of aromatic nitrogens is 1. The monoisotopic (exact) mass is 356 g/mol. The summed E-state index contributed by atoms with van der Waals surface area (Å²) in [7, 11) is 1.58. The van der Waals surface area contributed by atoms with Gasteiger partial charge in [-0.25, -0.2) is 0 Å². The van der Waals surface area contributed by atoms with Crippen molar-refractivity contribution in [1.29, 1.82) is 0 Å². The number of rotatable bonds is 6. The van der Waals surface area contributed by atoms with E-state index in [0.717, 1.165) is 15.8 Å². The lowest BCUT2D eigenvalue weighted by Gasteiger charge is -2.10. The molecule has 0 bridgehead atoms. The number of pyridine rings is 1. The summed E-state index contributed by atoms with van der Waals surface area (Å²) in [6.07, 6.45) is 0.861. The molecule has 2 N–H and O–H groups in total. The van der Waals surface area contributed by atoms with Crippen molar-refractivity contribution in [3.63, 3.8) is 0 Å². The van der Waals surface area contributed by atoms with Crippen LogP contribution in [0.5, 0.6) is 5.75 Å². The van der Waals surface area contributed by atoms with E-state index in [1.807, 2.05) is 42.6 Å². The Kier molecular flexibility index (Phi) is 5.19. The number of nitrogens with one attached hydrogen (secondary N) is 2. The van der Waals surface area contributed by atoms with Gasteiger partial charge in [0.25, 0.3) is 5.56 Å². The van der Waals surface area contributed by atoms with Crippen molar-refractivity contribution >= 4 is 28.1 Å². The quantitative estimate of drug-likeness (QED) is 0.713. The summed E-state index contributed by atoms with van der Waals surface area (Å²) in [6.45, 7) is 2.43. The van der Waals surface area contributed by atoms with Gasteiger partial charge in [-0.1, -0.05) is 12.1 Å². The molecule has 2 heterocycles. The summed E-state index contributed by atoms with van der Waals surface area (Å²) in [6, 6.07) is 9.56. The van der Waals surface area contributed by atoms with Crippen molar-refractivity contribution in [1.82, 2.24) is 10.3 Å². The number of hydrogen-bond acceptors (Lipinski definition) is 4. The molecule has 3 rings (SSSR count). The van der Waals surface area contributed by atoms with Crippen LogP contribution >= 0.6 is 11.3 Å². The standard InChI is InChI=1S/C19H20N2O3S/c1-12-5-6-16(24-2)18-15(12)10-13(19(23)21-18)7-8-20-17(22)11-14-4-3-9-25-14/h3-6,9-10H,7-8,11H2,1-2H3,(H,20,22)(H,21,23). The molecule has 1 aromatic carbocycles. The second-order valence-electron chi connectivity index (χ2n) is 5.85. The average molecular weight is 356 g/mol. The van der Waals surface area contributed by atoms with E-state index in [1.165, 1.54) is 0 Å². The summed E-state index contributed by atoms with van der Waals surface area (Å²) in [5, 5.41) is 5.78. The summed E-state index contributed by atoms with van der Waals surface area (Å²) >= 11 is 1.56. The zero-order valence-electron chi connectivity index (χ0n) is 14.2. The van der Waals surface area contributed by atoms with E-state index in [4.69, 9.17) is 4.74 Å². The molecular formula is C19H20N2O3S. The Hall–Kier alpha value is -2.60. The van der Waals surface area contributed by atoms with Crippen LogP contribution in [0.4, 0.5) is 0 Å². The number of aromatic amines is 1. The van der Waals surface area contributed by atoms with Crippen molar-refractivity contribution in [3.05, 3.63) is 62.1 Å². The van der Waals surface area contributed by atoms with Gasteiger partial charge < -0.3 is 15.0 Å². The second kappa shape index (κ2) is 7.53. The fourth-order valence-electron chi connectivity index (χ4n) is 2.78. The molecule has 0 atom stereocenters.